The van der Waals surface area contributed by atoms with Gasteiger partial charge in [-0.15, -0.1) is 0 Å². The summed E-state index contributed by atoms with van der Waals surface area (Å²) >= 11 is 6.05. The highest BCUT2D eigenvalue weighted by atomic mass is 35.7. The van der Waals surface area contributed by atoms with Crippen LogP contribution in [0.4, 0.5) is 0 Å². The second kappa shape index (κ2) is 6.75. The Hall–Kier alpha value is -0.300. The van der Waals surface area contributed by atoms with Gasteiger partial charge >= 0.3 is 0 Å². The summed E-state index contributed by atoms with van der Waals surface area (Å²) < 4.78 is 17.8. The molecule has 18 heavy (non-hydrogen) atoms. The van der Waals surface area contributed by atoms with Gasteiger partial charge < -0.3 is 4.52 Å². The van der Waals surface area contributed by atoms with E-state index in [1.165, 1.54) is 19.3 Å². The molecule has 2 nitrogen and oxygen atoms in total. The lowest BCUT2D eigenvalue weighted by Crippen LogP contribution is -2.15. The first-order valence-electron chi connectivity index (χ1n) is 6.67. The first kappa shape index (κ1) is 14.1. The monoisotopic (exact) mass is 286 g/mol. The lowest BCUT2D eigenvalue weighted by molar-refractivity contribution is 0.163. The number of halogens is 1. The van der Waals surface area contributed by atoms with Crippen molar-refractivity contribution in [3.63, 3.8) is 0 Å². The molecule has 100 valence electrons. The molecule has 1 aliphatic rings. The SMILES string of the molecule is O=[P@@](Cl)(CCc1ccccc1)OC1CCCCC1. The summed E-state index contributed by atoms with van der Waals surface area (Å²) in [5, 5.41) is 0. The van der Waals surface area contributed by atoms with Gasteiger partial charge in [0, 0.05) is 6.16 Å². The molecule has 0 saturated heterocycles. The molecule has 1 fully saturated rings. The van der Waals surface area contributed by atoms with Crippen molar-refractivity contribution in [1.29, 1.82) is 0 Å². The van der Waals surface area contributed by atoms with E-state index in [-0.39, 0.29) is 6.10 Å². The Morgan fingerprint density at radius 2 is 1.83 bits per heavy atom. The first-order chi connectivity index (χ1) is 8.66. The highest BCUT2D eigenvalue weighted by Gasteiger charge is 2.25. The van der Waals surface area contributed by atoms with Gasteiger partial charge in [0.15, 0.2) is 0 Å². The summed E-state index contributed by atoms with van der Waals surface area (Å²) in [5.41, 5.74) is 1.16. The fraction of sp³-hybridized carbons (Fsp3) is 0.571. The Morgan fingerprint density at radius 3 is 2.50 bits per heavy atom. The van der Waals surface area contributed by atoms with Gasteiger partial charge in [0.05, 0.1) is 6.10 Å². The van der Waals surface area contributed by atoms with E-state index < -0.39 is 6.72 Å². The predicted octanol–water partition coefficient (Wildman–Crippen LogP) is 5.01. The minimum absolute atomic E-state index is 0.109. The molecule has 0 spiro atoms. The Morgan fingerprint density at radius 1 is 1.17 bits per heavy atom. The molecule has 1 atom stereocenters. The van der Waals surface area contributed by atoms with Crippen molar-refractivity contribution in [2.75, 3.05) is 6.16 Å². The van der Waals surface area contributed by atoms with Crippen LogP contribution in [0, 0.1) is 0 Å². The van der Waals surface area contributed by atoms with Crippen LogP contribution in [-0.2, 0) is 15.5 Å². The molecule has 0 bridgehead atoms. The van der Waals surface area contributed by atoms with Gasteiger partial charge in [-0.1, -0.05) is 49.6 Å². The largest absolute Gasteiger partial charge is 0.314 e. The Balaban J connectivity index is 1.81. The van der Waals surface area contributed by atoms with Crippen molar-refractivity contribution in [2.24, 2.45) is 0 Å². The average molecular weight is 287 g/mol. The van der Waals surface area contributed by atoms with E-state index in [1.54, 1.807) is 0 Å². The molecule has 1 aromatic carbocycles. The van der Waals surface area contributed by atoms with E-state index in [0.29, 0.717) is 12.6 Å². The summed E-state index contributed by atoms with van der Waals surface area (Å²) in [5.74, 6) is 0. The van der Waals surface area contributed by atoms with Gasteiger partial charge in [0.1, 0.15) is 0 Å². The molecule has 1 aliphatic carbocycles. The van der Waals surface area contributed by atoms with Crippen molar-refractivity contribution in [3.8, 4) is 0 Å². The molecule has 1 aromatic rings. The Labute approximate surface area is 114 Å². The predicted molar refractivity (Wildman–Crippen MR) is 76.4 cm³/mol. The molecule has 0 N–H and O–H groups in total. The van der Waals surface area contributed by atoms with Gasteiger partial charge in [-0.3, -0.25) is 4.57 Å². The van der Waals surface area contributed by atoms with E-state index in [1.807, 2.05) is 30.3 Å². The lowest BCUT2D eigenvalue weighted by atomic mass is 9.98. The number of rotatable bonds is 5. The fourth-order valence-electron chi connectivity index (χ4n) is 2.35. The molecule has 0 aromatic heterocycles. The third-order valence-electron chi connectivity index (χ3n) is 3.37. The van der Waals surface area contributed by atoms with Gasteiger partial charge in [0.2, 0.25) is 0 Å². The van der Waals surface area contributed by atoms with Gasteiger partial charge in [0.25, 0.3) is 6.72 Å². The van der Waals surface area contributed by atoms with Crippen LogP contribution in [0.25, 0.3) is 0 Å². The van der Waals surface area contributed by atoms with E-state index in [9.17, 15) is 4.57 Å². The molecule has 0 radical (unpaired) electrons. The summed E-state index contributed by atoms with van der Waals surface area (Å²) in [6.07, 6.45) is 6.85. The normalized spacial score (nSPS) is 20.5. The van der Waals surface area contributed by atoms with Gasteiger partial charge in [-0.05, 0) is 36.1 Å². The highest BCUT2D eigenvalue weighted by Crippen LogP contribution is 2.54. The maximum absolute atomic E-state index is 12.2. The van der Waals surface area contributed by atoms with Crippen LogP contribution in [0.5, 0.6) is 0 Å². The number of hydrogen-bond donors (Lipinski definition) is 0. The van der Waals surface area contributed by atoms with Crippen molar-refractivity contribution >= 4 is 18.0 Å². The topological polar surface area (TPSA) is 26.3 Å². The second-order valence-electron chi connectivity index (χ2n) is 4.91. The molecular weight excluding hydrogens is 267 g/mol. The molecule has 4 heteroatoms. The van der Waals surface area contributed by atoms with Crippen LogP contribution < -0.4 is 0 Å². The summed E-state index contributed by atoms with van der Waals surface area (Å²) in [7, 11) is 0. The van der Waals surface area contributed by atoms with Crippen molar-refractivity contribution in [1.82, 2.24) is 0 Å². The van der Waals surface area contributed by atoms with Crippen molar-refractivity contribution < 1.29 is 9.09 Å². The van der Waals surface area contributed by atoms with Crippen molar-refractivity contribution in [3.05, 3.63) is 35.9 Å². The van der Waals surface area contributed by atoms with Crippen LogP contribution in [0.3, 0.4) is 0 Å². The van der Waals surface area contributed by atoms with E-state index in [2.05, 4.69) is 0 Å². The molecule has 0 heterocycles. The van der Waals surface area contributed by atoms with Gasteiger partial charge in [-0.2, -0.15) is 0 Å². The summed E-state index contributed by atoms with van der Waals surface area (Å²) in [4.78, 5) is 0. The lowest BCUT2D eigenvalue weighted by Gasteiger charge is -2.24. The van der Waals surface area contributed by atoms with E-state index >= 15 is 0 Å². The maximum Gasteiger partial charge on any atom is 0.290 e. The first-order valence-corrected chi connectivity index (χ1v) is 9.38. The molecule has 0 amide bonds. The zero-order valence-corrected chi connectivity index (χ0v) is 12.2. The third kappa shape index (κ3) is 4.76. The maximum atomic E-state index is 12.2. The molecule has 2 rings (SSSR count). The number of hydrogen-bond acceptors (Lipinski definition) is 2. The van der Waals surface area contributed by atoms with E-state index in [4.69, 9.17) is 15.8 Å². The van der Waals surface area contributed by atoms with Crippen LogP contribution in [0.2, 0.25) is 0 Å². The zero-order chi connectivity index (χ0) is 12.8. The van der Waals surface area contributed by atoms with Crippen molar-refractivity contribution in [2.45, 2.75) is 44.6 Å². The minimum Gasteiger partial charge on any atom is -0.314 e. The van der Waals surface area contributed by atoms with Crippen LogP contribution in [0.1, 0.15) is 37.7 Å². The highest BCUT2D eigenvalue weighted by molar-refractivity contribution is 7.85. The number of aryl methyl sites for hydroxylation is 1. The quantitative estimate of drug-likeness (QED) is 0.711. The standard InChI is InChI=1S/C14H20ClO2P/c15-18(16,17-14-9-5-2-6-10-14)12-11-13-7-3-1-4-8-13/h1,3-4,7-8,14H,2,5-6,9-12H2/t18-/m0/s1. The average Bonchev–Trinajstić information content (AvgIpc) is 2.38. The summed E-state index contributed by atoms with van der Waals surface area (Å²) in [6, 6.07) is 9.99. The van der Waals surface area contributed by atoms with Crippen LogP contribution in [0.15, 0.2) is 30.3 Å². The van der Waals surface area contributed by atoms with E-state index in [0.717, 1.165) is 18.4 Å². The molecule has 1 saturated carbocycles. The Kier molecular flexibility index (Phi) is 5.29. The second-order valence-corrected chi connectivity index (χ2v) is 8.30. The van der Waals surface area contributed by atoms with Gasteiger partial charge in [-0.25, -0.2) is 0 Å². The summed E-state index contributed by atoms with van der Waals surface area (Å²) in [6.45, 7) is -2.95. The third-order valence-corrected chi connectivity index (χ3v) is 5.49. The minimum atomic E-state index is -2.95. The smallest absolute Gasteiger partial charge is 0.290 e. The Bertz CT molecular complexity index is 402. The zero-order valence-electron chi connectivity index (χ0n) is 10.6. The van der Waals surface area contributed by atoms with Crippen LogP contribution >= 0.6 is 18.0 Å². The fourth-order valence-corrected chi connectivity index (χ4v) is 4.23. The molecule has 0 aliphatic heterocycles. The number of benzene rings is 1. The van der Waals surface area contributed by atoms with Crippen LogP contribution in [-0.4, -0.2) is 12.3 Å². The molecule has 0 unspecified atom stereocenters. The molecular formula is C14H20ClO2P.